The van der Waals surface area contributed by atoms with Crippen molar-refractivity contribution in [1.29, 1.82) is 0 Å². The predicted molar refractivity (Wildman–Crippen MR) is 105 cm³/mol. The number of carbonyl (C=O) groups excluding carboxylic acids is 1. The van der Waals surface area contributed by atoms with Gasteiger partial charge in [-0.15, -0.1) is 11.3 Å². The summed E-state index contributed by atoms with van der Waals surface area (Å²) in [5, 5.41) is 3.81. The average molecular weight is 353 g/mol. The summed E-state index contributed by atoms with van der Waals surface area (Å²) in [5.41, 5.74) is 10.0. The molecule has 0 unspecified atom stereocenters. The van der Waals surface area contributed by atoms with Crippen LogP contribution in [0.5, 0.6) is 0 Å². The number of nitrogens with two attached hydrogens (primary N) is 1. The molecule has 2 aromatic heterocycles. The summed E-state index contributed by atoms with van der Waals surface area (Å²) < 4.78 is 0. The van der Waals surface area contributed by atoms with E-state index in [0.717, 1.165) is 27.9 Å². The van der Waals surface area contributed by atoms with Gasteiger partial charge in [0.05, 0.1) is 5.69 Å². The number of nitrogens with zero attached hydrogens (tertiary/aromatic N) is 1. The molecule has 0 fully saturated rings. The maximum atomic E-state index is 12.5. The zero-order valence-corrected chi connectivity index (χ0v) is 15.6. The van der Waals surface area contributed by atoms with E-state index >= 15 is 0 Å². The van der Waals surface area contributed by atoms with Crippen LogP contribution in [-0.2, 0) is 13.0 Å². The van der Waals surface area contributed by atoms with Gasteiger partial charge >= 0.3 is 0 Å². The van der Waals surface area contributed by atoms with Crippen LogP contribution in [0.4, 0.5) is 5.69 Å². The monoisotopic (exact) mass is 353 g/mol. The fourth-order valence-electron chi connectivity index (χ4n) is 2.70. The minimum absolute atomic E-state index is 0.147. The van der Waals surface area contributed by atoms with Gasteiger partial charge in [-0.05, 0) is 37.0 Å². The van der Waals surface area contributed by atoms with Crippen molar-refractivity contribution in [2.75, 3.05) is 5.73 Å². The molecule has 130 valence electrons. The number of rotatable bonds is 5. The summed E-state index contributed by atoms with van der Waals surface area (Å²) in [5.74, 6) is 0.394. The van der Waals surface area contributed by atoms with Crippen molar-refractivity contribution < 1.29 is 4.79 Å². The van der Waals surface area contributed by atoms with E-state index in [1.54, 1.807) is 0 Å². The molecule has 0 aliphatic rings. The third-order valence-corrected chi connectivity index (χ3v) is 5.16. The molecule has 2 heterocycles. The smallest absolute Gasteiger partial charge is 0.263 e. The molecule has 0 aliphatic carbocycles. The second-order valence-electron chi connectivity index (χ2n) is 6.77. The molecule has 1 aromatic carbocycles. The lowest BCUT2D eigenvalue weighted by atomic mass is 10.1. The van der Waals surface area contributed by atoms with E-state index in [0.29, 0.717) is 23.0 Å². The lowest BCUT2D eigenvalue weighted by molar-refractivity contribution is 0.0956. The fraction of sp³-hybridized carbons (Fsp3) is 0.300. The average Bonchev–Trinajstić information content (AvgIpc) is 2.90. The van der Waals surface area contributed by atoms with Gasteiger partial charge in [0.1, 0.15) is 9.71 Å². The SMILES string of the molecule is Cc1ccc(CNC(=O)c2sc3nc(CC(C)C)ccc3c2N)cc1. The molecule has 3 rings (SSSR count). The normalized spacial score (nSPS) is 11.2. The number of nitrogens with one attached hydrogen (secondary N) is 1. The highest BCUT2D eigenvalue weighted by Crippen LogP contribution is 2.32. The van der Waals surface area contributed by atoms with Crippen LogP contribution in [0.25, 0.3) is 10.2 Å². The maximum Gasteiger partial charge on any atom is 0.263 e. The van der Waals surface area contributed by atoms with E-state index in [1.807, 2.05) is 43.3 Å². The Balaban J connectivity index is 1.78. The van der Waals surface area contributed by atoms with Gasteiger partial charge in [0.15, 0.2) is 0 Å². The quantitative estimate of drug-likeness (QED) is 0.718. The number of aryl methyl sites for hydroxylation is 1. The lowest BCUT2D eigenvalue weighted by Gasteiger charge is -2.05. The lowest BCUT2D eigenvalue weighted by Crippen LogP contribution is -2.22. The number of hydrogen-bond donors (Lipinski definition) is 2. The standard InChI is InChI=1S/C20H23N3OS/c1-12(2)10-15-8-9-16-17(21)18(25-20(16)23-15)19(24)22-11-14-6-4-13(3)5-7-14/h4-9,12H,10-11,21H2,1-3H3,(H,22,24). The summed E-state index contributed by atoms with van der Waals surface area (Å²) in [6.07, 6.45) is 0.919. The number of fused-ring (bicyclic) bond motifs is 1. The minimum atomic E-state index is -0.147. The van der Waals surface area contributed by atoms with Gasteiger partial charge in [0.2, 0.25) is 0 Å². The fourth-order valence-corrected chi connectivity index (χ4v) is 3.73. The topological polar surface area (TPSA) is 68.0 Å². The number of nitrogen functional groups attached to an aromatic ring is 1. The first-order valence-corrected chi connectivity index (χ1v) is 9.27. The Morgan fingerprint density at radius 2 is 1.92 bits per heavy atom. The van der Waals surface area contributed by atoms with Gasteiger partial charge in [-0.2, -0.15) is 0 Å². The Hall–Kier alpha value is -2.40. The number of thiophene rings is 1. The van der Waals surface area contributed by atoms with Gasteiger partial charge in [0.25, 0.3) is 5.91 Å². The molecule has 5 heteroatoms. The van der Waals surface area contributed by atoms with Crippen LogP contribution in [0.3, 0.4) is 0 Å². The van der Waals surface area contributed by atoms with E-state index in [9.17, 15) is 4.79 Å². The van der Waals surface area contributed by atoms with Gasteiger partial charge < -0.3 is 11.1 Å². The summed E-state index contributed by atoms with van der Waals surface area (Å²) in [6.45, 7) is 6.86. The van der Waals surface area contributed by atoms with Crippen molar-refractivity contribution in [3.05, 3.63) is 58.1 Å². The molecular formula is C20H23N3OS. The summed E-state index contributed by atoms with van der Waals surface area (Å²) in [7, 11) is 0. The van der Waals surface area contributed by atoms with Gasteiger partial charge in [-0.25, -0.2) is 4.98 Å². The number of pyridine rings is 1. The predicted octanol–water partition coefficient (Wildman–Crippen LogP) is 4.32. The van der Waals surface area contributed by atoms with Crippen LogP contribution in [-0.4, -0.2) is 10.9 Å². The molecule has 0 bridgehead atoms. The van der Waals surface area contributed by atoms with Crippen molar-refractivity contribution in [1.82, 2.24) is 10.3 Å². The van der Waals surface area contributed by atoms with Crippen LogP contribution in [0.15, 0.2) is 36.4 Å². The number of amides is 1. The molecule has 1 amide bonds. The van der Waals surface area contributed by atoms with Crippen molar-refractivity contribution in [3.8, 4) is 0 Å². The first kappa shape index (κ1) is 17.4. The third kappa shape index (κ3) is 3.99. The zero-order valence-electron chi connectivity index (χ0n) is 14.8. The van der Waals surface area contributed by atoms with E-state index in [4.69, 9.17) is 5.73 Å². The molecule has 3 aromatic rings. The van der Waals surface area contributed by atoms with E-state index in [1.165, 1.54) is 16.9 Å². The first-order valence-electron chi connectivity index (χ1n) is 8.45. The van der Waals surface area contributed by atoms with E-state index in [2.05, 4.69) is 24.1 Å². The second kappa shape index (κ2) is 7.23. The molecule has 0 saturated carbocycles. The number of carbonyl (C=O) groups is 1. The Kier molecular flexibility index (Phi) is 5.04. The summed E-state index contributed by atoms with van der Waals surface area (Å²) in [4.78, 5) is 18.6. The first-order chi connectivity index (χ1) is 11.9. The van der Waals surface area contributed by atoms with E-state index < -0.39 is 0 Å². The highest BCUT2D eigenvalue weighted by atomic mass is 32.1. The number of hydrogen-bond acceptors (Lipinski definition) is 4. The van der Waals surface area contributed by atoms with Gasteiger partial charge in [-0.3, -0.25) is 4.79 Å². The van der Waals surface area contributed by atoms with Crippen LogP contribution in [0, 0.1) is 12.8 Å². The van der Waals surface area contributed by atoms with Crippen molar-refractivity contribution in [2.45, 2.75) is 33.7 Å². The summed E-state index contributed by atoms with van der Waals surface area (Å²) in [6, 6.07) is 12.1. The molecule has 0 spiro atoms. The Morgan fingerprint density at radius 1 is 1.20 bits per heavy atom. The van der Waals surface area contributed by atoms with Crippen LogP contribution < -0.4 is 11.1 Å². The molecule has 0 atom stereocenters. The van der Waals surface area contributed by atoms with Crippen LogP contribution >= 0.6 is 11.3 Å². The largest absolute Gasteiger partial charge is 0.397 e. The second-order valence-corrected chi connectivity index (χ2v) is 7.77. The number of anilines is 1. The molecule has 0 aliphatic heterocycles. The van der Waals surface area contributed by atoms with Crippen LogP contribution in [0.2, 0.25) is 0 Å². The Morgan fingerprint density at radius 3 is 2.60 bits per heavy atom. The van der Waals surface area contributed by atoms with Crippen molar-refractivity contribution in [3.63, 3.8) is 0 Å². The van der Waals surface area contributed by atoms with Crippen LogP contribution in [0.1, 0.15) is 40.3 Å². The zero-order chi connectivity index (χ0) is 18.0. The molecule has 3 N–H and O–H groups in total. The van der Waals surface area contributed by atoms with E-state index in [-0.39, 0.29) is 5.91 Å². The number of aromatic nitrogens is 1. The van der Waals surface area contributed by atoms with Crippen molar-refractivity contribution >= 4 is 33.1 Å². The minimum Gasteiger partial charge on any atom is -0.397 e. The molecule has 25 heavy (non-hydrogen) atoms. The molecule has 4 nitrogen and oxygen atoms in total. The Bertz CT molecular complexity index is 897. The Labute approximate surface area is 152 Å². The molecular weight excluding hydrogens is 330 g/mol. The molecule has 0 radical (unpaired) electrons. The van der Waals surface area contributed by atoms with Crippen molar-refractivity contribution in [2.24, 2.45) is 5.92 Å². The van der Waals surface area contributed by atoms with Gasteiger partial charge in [0, 0.05) is 17.6 Å². The van der Waals surface area contributed by atoms with Gasteiger partial charge in [-0.1, -0.05) is 43.7 Å². The number of benzene rings is 1. The summed E-state index contributed by atoms with van der Waals surface area (Å²) >= 11 is 1.36. The highest BCUT2D eigenvalue weighted by Gasteiger charge is 2.17. The highest BCUT2D eigenvalue weighted by molar-refractivity contribution is 7.21. The molecule has 0 saturated heterocycles. The maximum absolute atomic E-state index is 12.5. The third-order valence-electron chi connectivity index (χ3n) is 4.05.